The molecule has 1 unspecified atom stereocenters. The fraction of sp³-hybridized carbons (Fsp3) is 0.571. The molecule has 1 aliphatic heterocycles. The number of carbonyl (C=O) groups excluding carboxylic acids is 1. The molecule has 110 valence electrons. The van der Waals surface area contributed by atoms with Gasteiger partial charge in [-0.2, -0.15) is 0 Å². The van der Waals surface area contributed by atoms with E-state index in [9.17, 15) is 9.59 Å². The summed E-state index contributed by atoms with van der Waals surface area (Å²) in [7, 11) is 0. The number of amides is 1. The van der Waals surface area contributed by atoms with Crippen molar-refractivity contribution in [1.82, 2.24) is 9.80 Å². The van der Waals surface area contributed by atoms with Crippen LogP contribution in [0.1, 0.15) is 23.9 Å². The highest BCUT2D eigenvalue weighted by Gasteiger charge is 2.23. The quantitative estimate of drug-likeness (QED) is 0.895. The number of rotatable bonds is 4. The van der Waals surface area contributed by atoms with Crippen LogP contribution >= 0.6 is 0 Å². The zero-order valence-electron chi connectivity index (χ0n) is 11.6. The van der Waals surface area contributed by atoms with E-state index in [4.69, 9.17) is 9.52 Å². The van der Waals surface area contributed by atoms with Crippen LogP contribution in [0.3, 0.4) is 0 Å². The van der Waals surface area contributed by atoms with E-state index in [2.05, 4.69) is 4.90 Å². The first-order valence-corrected chi connectivity index (χ1v) is 6.86. The van der Waals surface area contributed by atoms with E-state index in [-0.39, 0.29) is 11.8 Å². The van der Waals surface area contributed by atoms with Crippen molar-refractivity contribution in [3.63, 3.8) is 0 Å². The van der Waals surface area contributed by atoms with Gasteiger partial charge >= 0.3 is 5.97 Å². The van der Waals surface area contributed by atoms with Gasteiger partial charge in [0, 0.05) is 26.2 Å². The minimum absolute atomic E-state index is 0.0943. The first kappa shape index (κ1) is 14.6. The van der Waals surface area contributed by atoms with Gasteiger partial charge in [0.15, 0.2) is 5.76 Å². The Labute approximate surface area is 118 Å². The van der Waals surface area contributed by atoms with Crippen LogP contribution in [0, 0.1) is 5.92 Å². The highest BCUT2D eigenvalue weighted by atomic mass is 16.4. The van der Waals surface area contributed by atoms with Crippen LogP contribution in [0.25, 0.3) is 0 Å². The van der Waals surface area contributed by atoms with E-state index in [0.29, 0.717) is 31.9 Å². The Kier molecular flexibility index (Phi) is 4.79. The molecule has 1 N–H and O–H groups in total. The number of carbonyl (C=O) groups is 2. The number of furan rings is 1. The van der Waals surface area contributed by atoms with Gasteiger partial charge in [-0.3, -0.25) is 9.59 Å². The predicted octanol–water partition coefficient (Wildman–Crippen LogP) is 1.15. The lowest BCUT2D eigenvalue weighted by molar-refractivity contribution is -0.141. The second-order valence-corrected chi connectivity index (χ2v) is 5.16. The molecule has 0 saturated carbocycles. The minimum atomic E-state index is -0.780. The first-order chi connectivity index (χ1) is 9.58. The topological polar surface area (TPSA) is 74.0 Å². The Morgan fingerprint density at radius 3 is 2.80 bits per heavy atom. The number of aliphatic carboxylic acids is 1. The van der Waals surface area contributed by atoms with E-state index in [0.717, 1.165) is 13.0 Å². The molecule has 6 heteroatoms. The smallest absolute Gasteiger partial charge is 0.307 e. The van der Waals surface area contributed by atoms with Crippen molar-refractivity contribution in [2.45, 2.75) is 13.3 Å². The second-order valence-electron chi connectivity index (χ2n) is 5.16. The summed E-state index contributed by atoms with van der Waals surface area (Å²) in [4.78, 5) is 26.9. The monoisotopic (exact) mass is 280 g/mol. The van der Waals surface area contributed by atoms with Crippen LogP contribution < -0.4 is 0 Å². The molecule has 1 amide bonds. The molecule has 1 saturated heterocycles. The van der Waals surface area contributed by atoms with Crippen LogP contribution in [0.5, 0.6) is 0 Å². The van der Waals surface area contributed by atoms with Crippen LogP contribution in [0.15, 0.2) is 22.8 Å². The van der Waals surface area contributed by atoms with Crippen molar-refractivity contribution in [3.05, 3.63) is 24.2 Å². The summed E-state index contributed by atoms with van der Waals surface area (Å²) >= 11 is 0. The molecule has 20 heavy (non-hydrogen) atoms. The lowest BCUT2D eigenvalue weighted by Gasteiger charge is -2.22. The average Bonchev–Trinajstić information content (AvgIpc) is 2.85. The SMILES string of the molecule is CC(CN1CCCN(C(=O)c2ccco2)CC1)C(=O)O. The van der Waals surface area contributed by atoms with Gasteiger partial charge in [-0.25, -0.2) is 0 Å². The second kappa shape index (κ2) is 6.56. The summed E-state index contributed by atoms with van der Waals surface area (Å²) in [6, 6.07) is 3.36. The lowest BCUT2D eigenvalue weighted by atomic mass is 10.1. The summed E-state index contributed by atoms with van der Waals surface area (Å²) in [5.74, 6) is -0.902. The van der Waals surface area contributed by atoms with Crippen LogP contribution in [0.2, 0.25) is 0 Å². The molecule has 6 nitrogen and oxygen atoms in total. The summed E-state index contributed by atoms with van der Waals surface area (Å²) in [6.07, 6.45) is 2.34. The Hall–Kier alpha value is -1.82. The van der Waals surface area contributed by atoms with Gasteiger partial charge in [0.2, 0.25) is 0 Å². The maximum absolute atomic E-state index is 12.2. The predicted molar refractivity (Wildman–Crippen MR) is 72.5 cm³/mol. The molecule has 1 atom stereocenters. The van der Waals surface area contributed by atoms with Gasteiger partial charge in [-0.15, -0.1) is 0 Å². The molecule has 1 aliphatic rings. The zero-order chi connectivity index (χ0) is 14.5. The molecule has 0 aliphatic carbocycles. The summed E-state index contributed by atoms with van der Waals surface area (Å²) in [6.45, 7) is 5.03. The van der Waals surface area contributed by atoms with Crippen molar-refractivity contribution in [2.75, 3.05) is 32.7 Å². The summed E-state index contributed by atoms with van der Waals surface area (Å²) in [5.41, 5.74) is 0. The van der Waals surface area contributed by atoms with E-state index < -0.39 is 5.97 Å². The Morgan fingerprint density at radius 2 is 2.15 bits per heavy atom. The van der Waals surface area contributed by atoms with Gasteiger partial charge in [-0.1, -0.05) is 6.92 Å². The maximum Gasteiger partial charge on any atom is 0.307 e. The number of nitrogens with zero attached hydrogens (tertiary/aromatic N) is 2. The van der Waals surface area contributed by atoms with Crippen molar-refractivity contribution in [2.24, 2.45) is 5.92 Å². The standard InChI is InChI=1S/C14H20N2O4/c1-11(14(18)19)10-15-5-3-6-16(8-7-15)13(17)12-4-2-9-20-12/h2,4,9,11H,3,5-8,10H2,1H3,(H,18,19). The number of hydrogen-bond acceptors (Lipinski definition) is 4. The third kappa shape index (κ3) is 3.60. The maximum atomic E-state index is 12.2. The van der Waals surface area contributed by atoms with Crippen molar-refractivity contribution >= 4 is 11.9 Å². The molecular formula is C14H20N2O4. The van der Waals surface area contributed by atoms with Crippen molar-refractivity contribution in [1.29, 1.82) is 0 Å². The van der Waals surface area contributed by atoms with Gasteiger partial charge in [0.1, 0.15) is 0 Å². The van der Waals surface area contributed by atoms with E-state index in [1.807, 2.05) is 0 Å². The van der Waals surface area contributed by atoms with E-state index >= 15 is 0 Å². The van der Waals surface area contributed by atoms with Gasteiger partial charge in [-0.05, 0) is 25.1 Å². The lowest BCUT2D eigenvalue weighted by Crippen LogP contribution is -2.37. The number of carboxylic acids is 1. The average molecular weight is 280 g/mol. The Bertz CT molecular complexity index is 458. The fourth-order valence-electron chi connectivity index (χ4n) is 2.38. The van der Waals surface area contributed by atoms with Crippen molar-refractivity contribution in [3.8, 4) is 0 Å². The molecule has 1 aromatic heterocycles. The Morgan fingerprint density at radius 1 is 1.35 bits per heavy atom. The molecule has 0 radical (unpaired) electrons. The van der Waals surface area contributed by atoms with Crippen molar-refractivity contribution < 1.29 is 19.1 Å². The molecule has 2 heterocycles. The molecule has 1 aromatic rings. The molecule has 0 spiro atoms. The summed E-state index contributed by atoms with van der Waals surface area (Å²) < 4.78 is 5.13. The minimum Gasteiger partial charge on any atom is -0.481 e. The van der Waals surface area contributed by atoms with Gasteiger partial charge < -0.3 is 19.3 Å². The third-order valence-electron chi connectivity index (χ3n) is 3.56. The normalized spacial score (nSPS) is 18.6. The molecule has 0 aromatic carbocycles. The summed E-state index contributed by atoms with van der Waals surface area (Å²) in [5, 5.41) is 8.94. The molecule has 0 bridgehead atoms. The third-order valence-corrected chi connectivity index (χ3v) is 3.56. The van der Waals surface area contributed by atoms with E-state index in [1.165, 1.54) is 6.26 Å². The van der Waals surface area contributed by atoms with Crippen LogP contribution in [0.4, 0.5) is 0 Å². The fourth-order valence-corrected chi connectivity index (χ4v) is 2.38. The highest BCUT2D eigenvalue weighted by Crippen LogP contribution is 2.11. The van der Waals surface area contributed by atoms with Crippen LogP contribution in [-0.4, -0.2) is 59.5 Å². The molecule has 2 rings (SSSR count). The van der Waals surface area contributed by atoms with E-state index in [1.54, 1.807) is 24.0 Å². The number of carboxylic acid groups (broad SMARTS) is 1. The van der Waals surface area contributed by atoms with Gasteiger partial charge in [0.25, 0.3) is 5.91 Å². The van der Waals surface area contributed by atoms with Gasteiger partial charge in [0.05, 0.1) is 12.2 Å². The number of hydrogen-bond donors (Lipinski definition) is 1. The zero-order valence-corrected chi connectivity index (χ0v) is 11.6. The largest absolute Gasteiger partial charge is 0.481 e. The van der Waals surface area contributed by atoms with Crippen LogP contribution in [-0.2, 0) is 4.79 Å². The Balaban J connectivity index is 1.89. The molecule has 1 fully saturated rings. The first-order valence-electron chi connectivity index (χ1n) is 6.86. The highest BCUT2D eigenvalue weighted by molar-refractivity contribution is 5.91. The molecular weight excluding hydrogens is 260 g/mol.